The van der Waals surface area contributed by atoms with Crippen LogP contribution in [0.25, 0.3) is 11.0 Å². The number of rotatable bonds is 6. The number of benzene rings is 2. The van der Waals surface area contributed by atoms with Crippen molar-refractivity contribution in [3.63, 3.8) is 0 Å². The number of amides is 2. The molecule has 7 heteroatoms. The number of carbonyl (C=O) groups is 1. The Morgan fingerprint density at radius 2 is 1.89 bits per heavy atom. The quantitative estimate of drug-likeness (QED) is 0.544. The van der Waals surface area contributed by atoms with Gasteiger partial charge in [-0.2, -0.15) is 0 Å². The standard InChI is InChI=1S/C21H23N3O4/c1-4-11-22-18-14-7-5-6-8-16(14)28-20(25)19(18)24-21(26)23-15-12-13(2)9-10-17(15)27-3/h5-10,12,22H,4,11H2,1-3H3,(H2,23,24,26). The van der Waals surface area contributed by atoms with E-state index < -0.39 is 11.7 Å². The molecule has 0 radical (unpaired) electrons. The minimum atomic E-state index is -0.622. The zero-order valence-electron chi connectivity index (χ0n) is 16.1. The molecule has 0 aliphatic rings. The zero-order chi connectivity index (χ0) is 20.1. The van der Waals surface area contributed by atoms with Crippen LogP contribution in [0.3, 0.4) is 0 Å². The molecule has 3 N–H and O–H groups in total. The summed E-state index contributed by atoms with van der Waals surface area (Å²) in [6.07, 6.45) is 0.862. The van der Waals surface area contributed by atoms with Crippen LogP contribution in [0.1, 0.15) is 18.9 Å². The maximum absolute atomic E-state index is 12.6. The van der Waals surface area contributed by atoms with Crippen molar-refractivity contribution in [2.45, 2.75) is 20.3 Å². The van der Waals surface area contributed by atoms with E-state index in [2.05, 4.69) is 16.0 Å². The lowest BCUT2D eigenvalue weighted by molar-refractivity contribution is 0.262. The third-order valence-corrected chi connectivity index (χ3v) is 4.21. The van der Waals surface area contributed by atoms with Crippen molar-refractivity contribution >= 4 is 34.1 Å². The Kier molecular flexibility index (Phi) is 5.84. The fourth-order valence-electron chi connectivity index (χ4n) is 2.88. The van der Waals surface area contributed by atoms with Crippen molar-refractivity contribution < 1.29 is 13.9 Å². The third kappa shape index (κ3) is 4.09. The molecular formula is C21H23N3O4. The third-order valence-electron chi connectivity index (χ3n) is 4.21. The molecule has 3 rings (SSSR count). The molecule has 146 valence electrons. The molecule has 0 aliphatic carbocycles. The number of nitrogens with one attached hydrogen (secondary N) is 3. The van der Waals surface area contributed by atoms with Crippen LogP contribution < -0.4 is 26.3 Å². The summed E-state index contributed by atoms with van der Waals surface area (Å²) in [7, 11) is 1.53. The van der Waals surface area contributed by atoms with Crippen molar-refractivity contribution in [2.75, 3.05) is 29.6 Å². The Morgan fingerprint density at radius 3 is 2.64 bits per heavy atom. The van der Waals surface area contributed by atoms with E-state index in [9.17, 15) is 9.59 Å². The molecule has 28 heavy (non-hydrogen) atoms. The second-order valence-corrected chi connectivity index (χ2v) is 6.35. The van der Waals surface area contributed by atoms with Crippen LogP contribution in [0, 0.1) is 6.92 Å². The number of ether oxygens (including phenoxy) is 1. The first-order chi connectivity index (χ1) is 13.5. The van der Waals surface area contributed by atoms with Gasteiger partial charge in [0.15, 0.2) is 5.69 Å². The normalized spacial score (nSPS) is 10.5. The highest BCUT2D eigenvalue weighted by molar-refractivity contribution is 6.06. The average Bonchev–Trinajstić information content (AvgIpc) is 2.68. The first-order valence-corrected chi connectivity index (χ1v) is 9.05. The molecule has 1 aromatic heterocycles. The van der Waals surface area contributed by atoms with E-state index in [1.807, 2.05) is 32.0 Å². The lowest BCUT2D eigenvalue weighted by Crippen LogP contribution is -2.25. The Labute approximate surface area is 162 Å². The molecule has 0 saturated heterocycles. The monoisotopic (exact) mass is 381 g/mol. The molecule has 0 unspecified atom stereocenters. The van der Waals surface area contributed by atoms with Gasteiger partial charge in [0.2, 0.25) is 0 Å². The summed E-state index contributed by atoms with van der Waals surface area (Å²) in [6.45, 7) is 4.58. The average molecular weight is 381 g/mol. The van der Waals surface area contributed by atoms with Gasteiger partial charge in [-0.05, 0) is 43.2 Å². The van der Waals surface area contributed by atoms with Crippen LogP contribution in [0.2, 0.25) is 0 Å². The van der Waals surface area contributed by atoms with Crippen LogP contribution in [-0.4, -0.2) is 19.7 Å². The molecule has 1 heterocycles. The summed E-state index contributed by atoms with van der Waals surface area (Å²) in [6, 6.07) is 12.1. The Balaban J connectivity index is 1.95. The van der Waals surface area contributed by atoms with Gasteiger partial charge in [-0.25, -0.2) is 9.59 Å². The first kappa shape index (κ1) is 19.3. The number of para-hydroxylation sites is 1. The van der Waals surface area contributed by atoms with Crippen molar-refractivity contribution in [1.29, 1.82) is 0 Å². The minimum absolute atomic E-state index is 0.0660. The van der Waals surface area contributed by atoms with E-state index in [0.717, 1.165) is 17.4 Å². The fourth-order valence-corrected chi connectivity index (χ4v) is 2.88. The lowest BCUT2D eigenvalue weighted by Gasteiger charge is -2.15. The molecule has 0 fully saturated rings. The highest BCUT2D eigenvalue weighted by Crippen LogP contribution is 2.29. The Bertz CT molecular complexity index is 1060. The number of hydrogen-bond donors (Lipinski definition) is 3. The van der Waals surface area contributed by atoms with Crippen LogP contribution in [0.4, 0.5) is 21.9 Å². The summed E-state index contributed by atoms with van der Waals surface area (Å²) in [4.78, 5) is 25.1. The number of urea groups is 1. The molecule has 0 bridgehead atoms. The van der Waals surface area contributed by atoms with Crippen LogP contribution in [0.5, 0.6) is 5.75 Å². The van der Waals surface area contributed by atoms with Crippen molar-refractivity contribution in [2.24, 2.45) is 0 Å². The number of hydrogen-bond acceptors (Lipinski definition) is 5. The molecule has 2 aromatic carbocycles. The fraction of sp³-hybridized carbons (Fsp3) is 0.238. The van der Waals surface area contributed by atoms with E-state index in [-0.39, 0.29) is 5.69 Å². The Hall–Kier alpha value is -3.48. The second kappa shape index (κ2) is 8.47. The van der Waals surface area contributed by atoms with E-state index >= 15 is 0 Å². The van der Waals surface area contributed by atoms with E-state index in [0.29, 0.717) is 29.3 Å². The first-order valence-electron chi connectivity index (χ1n) is 9.05. The summed E-state index contributed by atoms with van der Waals surface area (Å²) in [5.74, 6) is 0.524. The summed E-state index contributed by atoms with van der Waals surface area (Å²) in [5.41, 5.74) is 1.91. The second-order valence-electron chi connectivity index (χ2n) is 6.35. The molecule has 3 aromatic rings. The summed E-state index contributed by atoms with van der Waals surface area (Å²) < 4.78 is 10.6. The highest BCUT2D eigenvalue weighted by Gasteiger charge is 2.17. The minimum Gasteiger partial charge on any atom is -0.495 e. The van der Waals surface area contributed by atoms with Gasteiger partial charge in [0.1, 0.15) is 11.3 Å². The molecule has 0 spiro atoms. The Morgan fingerprint density at radius 1 is 1.11 bits per heavy atom. The van der Waals surface area contributed by atoms with Crippen molar-refractivity contribution in [3.8, 4) is 5.75 Å². The van der Waals surface area contributed by atoms with Gasteiger partial charge in [0.25, 0.3) is 0 Å². The van der Waals surface area contributed by atoms with E-state index in [1.54, 1.807) is 24.3 Å². The predicted octanol–water partition coefficient (Wildman–Crippen LogP) is 4.58. The number of carbonyl (C=O) groups excluding carboxylic acids is 1. The largest absolute Gasteiger partial charge is 0.495 e. The lowest BCUT2D eigenvalue weighted by atomic mass is 10.2. The van der Waals surface area contributed by atoms with Crippen molar-refractivity contribution in [3.05, 3.63) is 58.4 Å². The molecule has 0 aliphatic heterocycles. The topological polar surface area (TPSA) is 92.6 Å². The number of anilines is 3. The number of fused-ring (bicyclic) bond motifs is 1. The molecule has 2 amide bonds. The van der Waals surface area contributed by atoms with Gasteiger partial charge in [0, 0.05) is 11.9 Å². The van der Waals surface area contributed by atoms with Gasteiger partial charge in [-0.1, -0.05) is 25.1 Å². The molecular weight excluding hydrogens is 358 g/mol. The predicted molar refractivity (Wildman–Crippen MR) is 112 cm³/mol. The van der Waals surface area contributed by atoms with Crippen molar-refractivity contribution in [1.82, 2.24) is 0 Å². The van der Waals surface area contributed by atoms with Crippen LogP contribution >= 0.6 is 0 Å². The van der Waals surface area contributed by atoms with Gasteiger partial charge < -0.3 is 19.8 Å². The van der Waals surface area contributed by atoms with Gasteiger partial charge in [0.05, 0.1) is 18.5 Å². The maximum Gasteiger partial charge on any atom is 0.362 e. The van der Waals surface area contributed by atoms with Gasteiger partial charge in [-0.15, -0.1) is 0 Å². The molecule has 7 nitrogen and oxygen atoms in total. The maximum atomic E-state index is 12.6. The summed E-state index contributed by atoms with van der Waals surface area (Å²) >= 11 is 0. The van der Waals surface area contributed by atoms with Gasteiger partial charge in [-0.3, -0.25) is 5.32 Å². The summed E-state index contributed by atoms with van der Waals surface area (Å²) in [5, 5.41) is 9.29. The zero-order valence-corrected chi connectivity index (χ0v) is 16.1. The smallest absolute Gasteiger partial charge is 0.362 e. The highest BCUT2D eigenvalue weighted by atomic mass is 16.5. The van der Waals surface area contributed by atoms with E-state index in [4.69, 9.17) is 9.15 Å². The number of methoxy groups -OCH3 is 1. The molecule has 0 saturated carbocycles. The van der Waals surface area contributed by atoms with Crippen LogP contribution in [0.15, 0.2) is 51.7 Å². The molecule has 0 atom stereocenters. The number of aryl methyl sites for hydroxylation is 1. The van der Waals surface area contributed by atoms with Crippen LogP contribution in [-0.2, 0) is 0 Å². The SMILES string of the molecule is CCCNc1c(NC(=O)Nc2cc(C)ccc2OC)c(=O)oc2ccccc12. The van der Waals surface area contributed by atoms with E-state index in [1.165, 1.54) is 7.11 Å². The van der Waals surface area contributed by atoms with Gasteiger partial charge >= 0.3 is 11.7 Å².